The summed E-state index contributed by atoms with van der Waals surface area (Å²) in [5.74, 6) is -0.625. The molecule has 3 N–H and O–H groups in total. The number of aromatic nitrogens is 3. The molecule has 0 aliphatic rings. The van der Waals surface area contributed by atoms with E-state index in [2.05, 4.69) is 10.4 Å². The summed E-state index contributed by atoms with van der Waals surface area (Å²) in [6, 6.07) is 0. The lowest BCUT2D eigenvalue weighted by molar-refractivity contribution is 0.0911. The second kappa shape index (κ2) is 3.68. The highest BCUT2D eigenvalue weighted by atomic mass is 16.2. The van der Waals surface area contributed by atoms with E-state index in [1.54, 1.807) is 20.8 Å². The molecule has 7 heteroatoms. The van der Waals surface area contributed by atoms with Crippen molar-refractivity contribution >= 4 is 5.91 Å². The van der Waals surface area contributed by atoms with Crippen LogP contribution in [-0.4, -0.2) is 26.6 Å². The number of rotatable bonds is 1. The first kappa shape index (κ1) is 11.2. The molecule has 0 radical (unpaired) electrons. The molecule has 82 valence electrons. The number of amides is 1. The molecule has 0 aliphatic heterocycles. The average Bonchev–Trinajstić information content (AvgIpc) is 1.99. The monoisotopic (exact) mass is 212 g/mol. The van der Waals surface area contributed by atoms with E-state index >= 15 is 0 Å². The number of carbonyl (C=O) groups excluding carboxylic acids is 1. The molecule has 0 aliphatic carbocycles. The summed E-state index contributed by atoms with van der Waals surface area (Å²) in [7, 11) is 0. The second-order valence-corrected chi connectivity index (χ2v) is 4.06. The van der Waals surface area contributed by atoms with Gasteiger partial charge in [0, 0.05) is 5.54 Å². The van der Waals surface area contributed by atoms with Crippen molar-refractivity contribution in [2.45, 2.75) is 26.3 Å². The molecule has 15 heavy (non-hydrogen) atoms. The maximum Gasteiger partial charge on any atom is 0.342 e. The van der Waals surface area contributed by atoms with Gasteiger partial charge >= 0.3 is 5.69 Å². The summed E-state index contributed by atoms with van der Waals surface area (Å²) in [5, 5.41) is 7.91. The van der Waals surface area contributed by atoms with E-state index in [9.17, 15) is 14.4 Å². The summed E-state index contributed by atoms with van der Waals surface area (Å²) in [6.07, 6.45) is 0. The second-order valence-electron chi connectivity index (χ2n) is 4.06. The highest BCUT2D eigenvalue weighted by molar-refractivity contribution is 5.92. The third-order valence-electron chi connectivity index (χ3n) is 1.41. The number of hydrogen-bond acceptors (Lipinski definition) is 4. The summed E-state index contributed by atoms with van der Waals surface area (Å²) in [6.45, 7) is 5.31. The number of hydrogen-bond donors (Lipinski definition) is 3. The van der Waals surface area contributed by atoms with Gasteiger partial charge in [-0.2, -0.15) is 5.10 Å². The van der Waals surface area contributed by atoms with Crippen LogP contribution >= 0.6 is 0 Å². The van der Waals surface area contributed by atoms with Crippen LogP contribution in [0.3, 0.4) is 0 Å². The van der Waals surface area contributed by atoms with Gasteiger partial charge in [0.25, 0.3) is 11.5 Å². The first-order valence-electron chi connectivity index (χ1n) is 4.31. The highest BCUT2D eigenvalue weighted by Gasteiger charge is 2.19. The van der Waals surface area contributed by atoms with E-state index in [4.69, 9.17) is 0 Å². The number of aromatic amines is 2. The van der Waals surface area contributed by atoms with Crippen molar-refractivity contribution in [1.29, 1.82) is 0 Å². The number of nitrogens with zero attached hydrogens (tertiary/aromatic N) is 1. The smallest absolute Gasteiger partial charge is 0.342 e. The van der Waals surface area contributed by atoms with Crippen molar-refractivity contribution in [3.05, 3.63) is 26.5 Å². The fourth-order valence-electron chi connectivity index (χ4n) is 0.901. The van der Waals surface area contributed by atoms with Crippen LogP contribution in [0.4, 0.5) is 0 Å². The molecule has 1 heterocycles. The summed E-state index contributed by atoms with van der Waals surface area (Å²) in [5.41, 5.74) is -2.38. The fourth-order valence-corrected chi connectivity index (χ4v) is 0.901. The topological polar surface area (TPSA) is 108 Å². The van der Waals surface area contributed by atoms with Crippen LogP contribution in [0.1, 0.15) is 31.3 Å². The summed E-state index contributed by atoms with van der Waals surface area (Å²) in [4.78, 5) is 35.2. The molecule has 7 nitrogen and oxygen atoms in total. The minimum absolute atomic E-state index is 0.357. The molecule has 0 bridgehead atoms. The molecule has 1 aromatic heterocycles. The maximum absolute atomic E-state index is 11.5. The van der Waals surface area contributed by atoms with Gasteiger partial charge in [0.1, 0.15) is 0 Å². The predicted molar refractivity (Wildman–Crippen MR) is 52.7 cm³/mol. The Hall–Kier alpha value is -1.92. The minimum atomic E-state index is -0.805. The van der Waals surface area contributed by atoms with Crippen LogP contribution in [0, 0.1) is 0 Å². The van der Waals surface area contributed by atoms with Crippen LogP contribution in [-0.2, 0) is 0 Å². The molecule has 0 atom stereocenters. The molecule has 0 aromatic carbocycles. The first-order valence-corrected chi connectivity index (χ1v) is 4.31. The zero-order valence-electron chi connectivity index (χ0n) is 8.67. The Bertz CT molecular complexity index is 480. The van der Waals surface area contributed by atoms with Gasteiger partial charge in [-0.25, -0.2) is 9.89 Å². The SMILES string of the molecule is CC(C)(C)NC(=O)c1n[nH]c(=O)[nH]c1=O. The van der Waals surface area contributed by atoms with Gasteiger partial charge in [-0.15, -0.1) is 0 Å². The third-order valence-corrected chi connectivity index (χ3v) is 1.41. The van der Waals surface area contributed by atoms with Crippen LogP contribution in [0.5, 0.6) is 0 Å². The first-order chi connectivity index (χ1) is 6.79. The van der Waals surface area contributed by atoms with E-state index in [0.29, 0.717) is 0 Å². The predicted octanol–water partition coefficient (Wildman–Crippen LogP) is -1.01. The minimum Gasteiger partial charge on any atom is -0.346 e. The molecule has 0 unspecified atom stereocenters. The average molecular weight is 212 g/mol. The van der Waals surface area contributed by atoms with Crippen molar-refractivity contribution < 1.29 is 4.79 Å². The Balaban J connectivity index is 3.03. The normalized spacial score (nSPS) is 11.1. The van der Waals surface area contributed by atoms with Crippen molar-refractivity contribution in [2.75, 3.05) is 0 Å². The van der Waals surface area contributed by atoms with E-state index in [-0.39, 0.29) is 5.69 Å². The van der Waals surface area contributed by atoms with Crippen molar-refractivity contribution in [1.82, 2.24) is 20.5 Å². The third kappa shape index (κ3) is 3.04. The van der Waals surface area contributed by atoms with Gasteiger partial charge < -0.3 is 5.32 Å². The lowest BCUT2D eigenvalue weighted by Crippen LogP contribution is -2.44. The lowest BCUT2D eigenvalue weighted by Gasteiger charge is -2.19. The van der Waals surface area contributed by atoms with Crippen LogP contribution < -0.4 is 16.6 Å². The Labute approximate surface area is 84.9 Å². The number of nitrogens with one attached hydrogen (secondary N) is 3. The van der Waals surface area contributed by atoms with E-state index in [1.165, 1.54) is 0 Å². The van der Waals surface area contributed by atoms with Gasteiger partial charge in [-0.3, -0.25) is 14.6 Å². The Morgan fingerprint density at radius 1 is 1.33 bits per heavy atom. The van der Waals surface area contributed by atoms with Gasteiger partial charge in [-0.1, -0.05) is 0 Å². The zero-order chi connectivity index (χ0) is 11.6. The molecular formula is C8H12N4O3. The lowest BCUT2D eigenvalue weighted by atomic mass is 10.1. The molecule has 0 saturated heterocycles. The molecule has 0 spiro atoms. The Morgan fingerprint density at radius 2 is 1.93 bits per heavy atom. The van der Waals surface area contributed by atoms with E-state index in [0.717, 1.165) is 0 Å². The quantitative estimate of drug-likeness (QED) is 0.554. The highest BCUT2D eigenvalue weighted by Crippen LogP contribution is 1.99. The molecule has 1 aromatic rings. The molecule has 1 rings (SSSR count). The molecule has 1 amide bonds. The number of carbonyl (C=O) groups is 1. The van der Waals surface area contributed by atoms with Gasteiger partial charge in [0.2, 0.25) is 5.69 Å². The summed E-state index contributed by atoms with van der Waals surface area (Å²) >= 11 is 0. The van der Waals surface area contributed by atoms with Crippen molar-refractivity contribution in [3.8, 4) is 0 Å². The van der Waals surface area contributed by atoms with Crippen LogP contribution in [0.2, 0.25) is 0 Å². The largest absolute Gasteiger partial charge is 0.346 e. The van der Waals surface area contributed by atoms with Gasteiger partial charge in [0.05, 0.1) is 0 Å². The van der Waals surface area contributed by atoms with E-state index in [1.807, 2.05) is 10.1 Å². The number of H-pyrrole nitrogens is 2. The maximum atomic E-state index is 11.5. The molecule has 0 saturated carbocycles. The Morgan fingerprint density at radius 3 is 2.40 bits per heavy atom. The fraction of sp³-hybridized carbons (Fsp3) is 0.500. The van der Waals surface area contributed by atoms with Crippen LogP contribution in [0.25, 0.3) is 0 Å². The zero-order valence-corrected chi connectivity index (χ0v) is 8.67. The van der Waals surface area contributed by atoms with E-state index < -0.39 is 22.7 Å². The van der Waals surface area contributed by atoms with Crippen molar-refractivity contribution in [3.63, 3.8) is 0 Å². The molecule has 0 fully saturated rings. The standard InChI is InChI=1S/C8H12N4O3/c1-8(2,3)10-6(14)4-5(13)9-7(15)12-11-4/h1-3H3,(H,10,14)(H2,9,12,13,15). The van der Waals surface area contributed by atoms with Crippen LogP contribution in [0.15, 0.2) is 9.59 Å². The molecular weight excluding hydrogens is 200 g/mol. The van der Waals surface area contributed by atoms with Gasteiger partial charge in [-0.05, 0) is 20.8 Å². The van der Waals surface area contributed by atoms with Crippen molar-refractivity contribution in [2.24, 2.45) is 0 Å². The summed E-state index contributed by atoms with van der Waals surface area (Å²) < 4.78 is 0. The Kier molecular flexibility index (Phi) is 2.74. The van der Waals surface area contributed by atoms with Gasteiger partial charge in [0.15, 0.2) is 0 Å².